The third-order valence-electron chi connectivity index (χ3n) is 2.51. The van der Waals surface area contributed by atoms with Crippen LogP contribution in [0.3, 0.4) is 0 Å². The lowest BCUT2D eigenvalue weighted by Crippen LogP contribution is -2.36. The molecule has 1 rings (SSSR count). The van der Waals surface area contributed by atoms with Crippen molar-refractivity contribution in [2.45, 2.75) is 13.3 Å². The molecule has 0 saturated heterocycles. The lowest BCUT2D eigenvalue weighted by molar-refractivity contribution is -0.137. The van der Waals surface area contributed by atoms with Gasteiger partial charge in [-0.25, -0.2) is 4.79 Å². The first-order valence-electron chi connectivity index (χ1n) is 5.84. The number of carboxylic acid groups (broad SMARTS) is 1. The SMILES string of the molecule is CCN(CCC(=O)O)C(=O)Nc1cccc(C#N)c1. The topological polar surface area (TPSA) is 93.4 Å². The Labute approximate surface area is 111 Å². The molecule has 0 atom stereocenters. The van der Waals surface area contributed by atoms with Crippen LogP contribution in [0.5, 0.6) is 0 Å². The normalized spacial score (nSPS) is 9.47. The molecule has 0 aliphatic heterocycles. The molecule has 100 valence electrons. The van der Waals surface area contributed by atoms with Crippen LogP contribution in [0.2, 0.25) is 0 Å². The summed E-state index contributed by atoms with van der Waals surface area (Å²) in [7, 11) is 0. The average molecular weight is 261 g/mol. The first kappa shape index (κ1) is 14.5. The van der Waals surface area contributed by atoms with Crippen molar-refractivity contribution < 1.29 is 14.7 Å². The minimum atomic E-state index is -0.947. The highest BCUT2D eigenvalue weighted by molar-refractivity contribution is 5.89. The second kappa shape index (κ2) is 7.01. The van der Waals surface area contributed by atoms with Crippen molar-refractivity contribution in [1.82, 2.24) is 4.90 Å². The molecule has 0 heterocycles. The molecule has 0 saturated carbocycles. The summed E-state index contributed by atoms with van der Waals surface area (Å²) in [5.41, 5.74) is 0.962. The van der Waals surface area contributed by atoms with Gasteiger partial charge in [0.1, 0.15) is 0 Å². The van der Waals surface area contributed by atoms with E-state index in [-0.39, 0.29) is 19.0 Å². The van der Waals surface area contributed by atoms with Gasteiger partial charge in [0, 0.05) is 18.8 Å². The molecule has 0 unspecified atom stereocenters. The predicted molar refractivity (Wildman–Crippen MR) is 69.7 cm³/mol. The predicted octanol–water partition coefficient (Wildman–Crippen LogP) is 1.89. The van der Waals surface area contributed by atoms with Crippen LogP contribution >= 0.6 is 0 Å². The smallest absolute Gasteiger partial charge is 0.321 e. The van der Waals surface area contributed by atoms with E-state index in [0.29, 0.717) is 17.8 Å². The minimum absolute atomic E-state index is 0.0977. The number of amides is 2. The standard InChI is InChI=1S/C13H15N3O3/c1-2-16(7-6-12(17)18)13(19)15-11-5-3-4-10(8-11)9-14/h3-5,8H,2,6-7H2,1H3,(H,15,19)(H,17,18). The maximum Gasteiger partial charge on any atom is 0.321 e. The Bertz CT molecular complexity index is 508. The summed E-state index contributed by atoms with van der Waals surface area (Å²) in [6, 6.07) is 8.14. The summed E-state index contributed by atoms with van der Waals surface area (Å²) in [5.74, 6) is -0.947. The van der Waals surface area contributed by atoms with E-state index >= 15 is 0 Å². The minimum Gasteiger partial charge on any atom is -0.481 e. The largest absolute Gasteiger partial charge is 0.481 e. The number of anilines is 1. The second-order valence-electron chi connectivity index (χ2n) is 3.85. The Kier molecular flexibility index (Phi) is 5.35. The summed E-state index contributed by atoms with van der Waals surface area (Å²) in [6.45, 7) is 2.33. The first-order valence-corrected chi connectivity index (χ1v) is 5.84. The fourth-order valence-corrected chi connectivity index (χ4v) is 1.50. The van der Waals surface area contributed by atoms with Crippen molar-refractivity contribution in [3.63, 3.8) is 0 Å². The lowest BCUT2D eigenvalue weighted by atomic mass is 10.2. The van der Waals surface area contributed by atoms with Gasteiger partial charge in [0.2, 0.25) is 0 Å². The molecule has 0 radical (unpaired) electrons. The molecule has 0 aliphatic rings. The highest BCUT2D eigenvalue weighted by Crippen LogP contribution is 2.10. The van der Waals surface area contributed by atoms with Crippen LogP contribution in [0.4, 0.5) is 10.5 Å². The zero-order chi connectivity index (χ0) is 14.3. The Balaban J connectivity index is 2.66. The third-order valence-corrected chi connectivity index (χ3v) is 2.51. The number of hydrogen-bond donors (Lipinski definition) is 2. The van der Waals surface area contributed by atoms with Crippen molar-refractivity contribution in [3.05, 3.63) is 29.8 Å². The van der Waals surface area contributed by atoms with E-state index in [4.69, 9.17) is 10.4 Å². The zero-order valence-electron chi connectivity index (χ0n) is 10.6. The van der Waals surface area contributed by atoms with E-state index in [2.05, 4.69) is 5.32 Å². The molecule has 6 nitrogen and oxygen atoms in total. The molecule has 1 aromatic carbocycles. The van der Waals surface area contributed by atoms with E-state index in [9.17, 15) is 9.59 Å². The van der Waals surface area contributed by atoms with Gasteiger partial charge >= 0.3 is 12.0 Å². The molecule has 2 N–H and O–H groups in total. The molecule has 0 spiro atoms. The molecule has 1 aromatic rings. The number of nitrogens with zero attached hydrogens (tertiary/aromatic N) is 2. The zero-order valence-corrected chi connectivity index (χ0v) is 10.6. The van der Waals surface area contributed by atoms with Crippen LogP contribution in [-0.4, -0.2) is 35.1 Å². The van der Waals surface area contributed by atoms with Gasteiger partial charge in [-0.1, -0.05) is 6.07 Å². The van der Waals surface area contributed by atoms with Crippen molar-refractivity contribution >= 4 is 17.7 Å². The molecule has 19 heavy (non-hydrogen) atoms. The monoisotopic (exact) mass is 261 g/mol. The van der Waals surface area contributed by atoms with Crippen molar-refractivity contribution in [2.24, 2.45) is 0 Å². The van der Waals surface area contributed by atoms with Crippen LogP contribution in [0.25, 0.3) is 0 Å². The lowest BCUT2D eigenvalue weighted by Gasteiger charge is -2.20. The van der Waals surface area contributed by atoms with Crippen LogP contribution in [0.1, 0.15) is 18.9 Å². The van der Waals surface area contributed by atoms with Gasteiger partial charge in [0.25, 0.3) is 0 Å². The number of benzene rings is 1. The van der Waals surface area contributed by atoms with Gasteiger partial charge in [-0.15, -0.1) is 0 Å². The fraction of sp³-hybridized carbons (Fsp3) is 0.308. The molecule has 6 heteroatoms. The first-order chi connectivity index (χ1) is 9.06. The number of rotatable bonds is 5. The molecular formula is C13H15N3O3. The molecular weight excluding hydrogens is 246 g/mol. The van der Waals surface area contributed by atoms with Crippen molar-refractivity contribution in [3.8, 4) is 6.07 Å². The number of urea groups is 1. The van der Waals surface area contributed by atoms with E-state index in [1.165, 1.54) is 4.90 Å². The van der Waals surface area contributed by atoms with Gasteiger partial charge in [0.05, 0.1) is 18.1 Å². The van der Waals surface area contributed by atoms with Crippen molar-refractivity contribution in [1.29, 1.82) is 5.26 Å². The molecule has 2 amide bonds. The van der Waals surface area contributed by atoms with Crippen molar-refractivity contribution in [2.75, 3.05) is 18.4 Å². The maximum absolute atomic E-state index is 11.9. The molecule has 0 aliphatic carbocycles. The fourth-order valence-electron chi connectivity index (χ4n) is 1.50. The number of carbonyl (C=O) groups excluding carboxylic acids is 1. The summed E-state index contributed by atoms with van der Waals surface area (Å²) in [6.07, 6.45) is -0.0977. The quantitative estimate of drug-likeness (QED) is 0.846. The van der Waals surface area contributed by atoms with Gasteiger partial charge in [0.15, 0.2) is 0 Å². The van der Waals surface area contributed by atoms with Crippen LogP contribution in [0.15, 0.2) is 24.3 Å². The number of nitrogens with one attached hydrogen (secondary N) is 1. The highest BCUT2D eigenvalue weighted by Gasteiger charge is 2.13. The number of carbonyl (C=O) groups is 2. The van der Waals surface area contributed by atoms with E-state index < -0.39 is 5.97 Å². The number of hydrogen-bond acceptors (Lipinski definition) is 3. The van der Waals surface area contributed by atoms with E-state index in [1.54, 1.807) is 31.2 Å². The van der Waals surface area contributed by atoms with Crippen LogP contribution < -0.4 is 5.32 Å². The Morgan fingerprint density at radius 2 is 2.21 bits per heavy atom. The van der Waals surface area contributed by atoms with Crippen LogP contribution in [0, 0.1) is 11.3 Å². The van der Waals surface area contributed by atoms with Gasteiger partial charge in [-0.3, -0.25) is 4.79 Å². The van der Waals surface area contributed by atoms with Crippen LogP contribution in [-0.2, 0) is 4.79 Å². The summed E-state index contributed by atoms with van der Waals surface area (Å²) < 4.78 is 0. The summed E-state index contributed by atoms with van der Waals surface area (Å²) in [4.78, 5) is 23.8. The molecule has 0 bridgehead atoms. The van der Waals surface area contributed by atoms with E-state index in [1.807, 2.05) is 6.07 Å². The molecule has 0 aromatic heterocycles. The summed E-state index contributed by atoms with van der Waals surface area (Å²) >= 11 is 0. The van der Waals surface area contributed by atoms with Gasteiger partial charge < -0.3 is 15.3 Å². The van der Waals surface area contributed by atoms with E-state index in [0.717, 1.165) is 0 Å². The Morgan fingerprint density at radius 1 is 1.47 bits per heavy atom. The maximum atomic E-state index is 11.9. The Hall–Kier alpha value is -2.55. The van der Waals surface area contributed by atoms with Gasteiger partial charge in [-0.05, 0) is 25.1 Å². The highest BCUT2D eigenvalue weighted by atomic mass is 16.4. The third kappa shape index (κ3) is 4.68. The Morgan fingerprint density at radius 3 is 2.79 bits per heavy atom. The second-order valence-corrected chi connectivity index (χ2v) is 3.85. The summed E-state index contributed by atoms with van der Waals surface area (Å²) in [5, 5.41) is 20.0. The number of aliphatic carboxylic acids is 1. The number of nitriles is 1. The molecule has 0 fully saturated rings. The number of carboxylic acids is 1. The van der Waals surface area contributed by atoms with Gasteiger partial charge in [-0.2, -0.15) is 5.26 Å². The average Bonchev–Trinajstić information content (AvgIpc) is 2.39.